The Morgan fingerprint density at radius 1 is 0.625 bits per heavy atom. The number of aliphatic hydroxyl groups excluding tert-OH is 2. The second-order valence-corrected chi connectivity index (χ2v) is 6.52. The van der Waals surface area contributed by atoms with Crippen LogP contribution in [0, 0.1) is 0 Å². The lowest BCUT2D eigenvalue weighted by Gasteiger charge is -2.17. The number of amides is 4. The Kier molecular flexibility index (Phi) is 14.9. The molecule has 0 bridgehead atoms. The number of hydrogen-bond acceptors (Lipinski definition) is 10. The molecule has 0 spiro atoms. The largest absolute Gasteiger partial charge is 0.394 e. The van der Waals surface area contributed by atoms with E-state index in [1.54, 1.807) is 0 Å². The minimum atomic E-state index is -1.13. The molecule has 1 aliphatic heterocycles. The van der Waals surface area contributed by atoms with Crippen LogP contribution in [0.1, 0.15) is 0 Å². The topological polar surface area (TPSA) is 194 Å². The van der Waals surface area contributed by atoms with Gasteiger partial charge in [-0.05, 0) is 0 Å². The van der Waals surface area contributed by atoms with E-state index in [2.05, 4.69) is 21.3 Å². The molecule has 14 heteroatoms. The summed E-state index contributed by atoms with van der Waals surface area (Å²) < 4.78 is 20.8. The van der Waals surface area contributed by atoms with E-state index in [1.807, 2.05) is 0 Å². The van der Waals surface area contributed by atoms with Gasteiger partial charge in [0.2, 0.25) is 23.6 Å². The van der Waals surface area contributed by atoms with Crippen LogP contribution in [-0.4, -0.2) is 125 Å². The summed E-state index contributed by atoms with van der Waals surface area (Å²) >= 11 is 0. The minimum Gasteiger partial charge on any atom is -0.394 e. The SMILES string of the molecule is O=C1COCCOCC(=O)N[C@@H](CO)C(=O)NCCOCCOCCNC(=O)[C@H](CO)N1. The van der Waals surface area contributed by atoms with Gasteiger partial charge in [-0.15, -0.1) is 0 Å². The van der Waals surface area contributed by atoms with Crippen molar-refractivity contribution in [2.24, 2.45) is 0 Å². The van der Waals surface area contributed by atoms with Crippen molar-refractivity contribution in [1.29, 1.82) is 0 Å². The van der Waals surface area contributed by atoms with Gasteiger partial charge in [-0.1, -0.05) is 0 Å². The van der Waals surface area contributed by atoms with Gasteiger partial charge in [-0.3, -0.25) is 19.2 Å². The number of nitrogens with one attached hydrogen (secondary N) is 4. The molecule has 0 unspecified atom stereocenters. The van der Waals surface area contributed by atoms with Crippen molar-refractivity contribution in [3.63, 3.8) is 0 Å². The van der Waals surface area contributed by atoms with Crippen LogP contribution in [0.25, 0.3) is 0 Å². The zero-order valence-corrected chi connectivity index (χ0v) is 17.8. The van der Waals surface area contributed by atoms with Crippen LogP contribution in [0.2, 0.25) is 0 Å². The predicted molar refractivity (Wildman–Crippen MR) is 107 cm³/mol. The first-order valence-electron chi connectivity index (χ1n) is 10.1. The van der Waals surface area contributed by atoms with Crippen molar-refractivity contribution in [2.45, 2.75) is 12.1 Å². The van der Waals surface area contributed by atoms with Crippen LogP contribution in [0.3, 0.4) is 0 Å². The molecule has 32 heavy (non-hydrogen) atoms. The Hall–Kier alpha value is -2.36. The molecule has 0 saturated carbocycles. The molecule has 1 saturated heterocycles. The number of hydrogen-bond donors (Lipinski definition) is 6. The highest BCUT2D eigenvalue weighted by molar-refractivity contribution is 5.88. The quantitative estimate of drug-likeness (QED) is 0.231. The van der Waals surface area contributed by atoms with Gasteiger partial charge in [-0.2, -0.15) is 0 Å². The van der Waals surface area contributed by atoms with Crippen molar-refractivity contribution >= 4 is 23.6 Å². The molecule has 1 fully saturated rings. The molecule has 6 N–H and O–H groups in total. The van der Waals surface area contributed by atoms with Crippen LogP contribution in [0.4, 0.5) is 0 Å². The number of rotatable bonds is 2. The van der Waals surface area contributed by atoms with E-state index < -0.39 is 48.9 Å². The third-order valence-electron chi connectivity index (χ3n) is 3.97. The molecular weight excluding hydrogens is 432 g/mol. The minimum absolute atomic E-state index is 0.0159. The molecule has 0 aliphatic carbocycles. The van der Waals surface area contributed by atoms with Gasteiger partial charge in [0.25, 0.3) is 0 Å². The summed E-state index contributed by atoms with van der Waals surface area (Å²) in [5.41, 5.74) is 0. The van der Waals surface area contributed by atoms with Crippen LogP contribution >= 0.6 is 0 Å². The lowest BCUT2D eigenvalue weighted by atomic mass is 10.3. The number of carbonyl (C=O) groups excluding carboxylic acids is 4. The summed E-state index contributed by atoms with van der Waals surface area (Å²) in [6.45, 7) is -0.746. The van der Waals surface area contributed by atoms with E-state index in [0.717, 1.165) is 0 Å². The van der Waals surface area contributed by atoms with Crippen LogP contribution < -0.4 is 21.3 Å². The van der Waals surface area contributed by atoms with Crippen molar-refractivity contribution in [3.05, 3.63) is 0 Å². The number of aliphatic hydroxyl groups is 2. The van der Waals surface area contributed by atoms with Crippen LogP contribution in [0.5, 0.6) is 0 Å². The van der Waals surface area contributed by atoms with Gasteiger partial charge in [0.05, 0.1) is 52.9 Å². The Balaban J connectivity index is 2.52. The number of carbonyl (C=O) groups is 4. The van der Waals surface area contributed by atoms with Crippen molar-refractivity contribution in [2.75, 3.05) is 79.2 Å². The molecule has 0 aromatic carbocycles. The van der Waals surface area contributed by atoms with Crippen molar-refractivity contribution < 1.29 is 48.3 Å². The third kappa shape index (κ3) is 12.5. The summed E-state index contributed by atoms with van der Waals surface area (Å²) in [4.78, 5) is 47.6. The maximum atomic E-state index is 12.0. The summed E-state index contributed by atoms with van der Waals surface area (Å²) in [5.74, 6) is -2.36. The average Bonchev–Trinajstić information content (AvgIpc) is 2.78. The Labute approximate surface area is 185 Å². The molecule has 4 amide bonds. The molecule has 2 atom stereocenters. The van der Waals surface area contributed by atoms with E-state index in [-0.39, 0.29) is 65.9 Å². The fourth-order valence-electron chi connectivity index (χ4n) is 2.37. The molecular formula is C18H32N4O10. The lowest BCUT2D eigenvalue weighted by Crippen LogP contribution is -2.50. The fourth-order valence-corrected chi connectivity index (χ4v) is 2.37. The van der Waals surface area contributed by atoms with Crippen LogP contribution in [0.15, 0.2) is 0 Å². The summed E-state index contributed by atoms with van der Waals surface area (Å²) in [6.07, 6.45) is 0. The third-order valence-corrected chi connectivity index (χ3v) is 3.97. The fraction of sp³-hybridized carbons (Fsp3) is 0.778. The smallest absolute Gasteiger partial charge is 0.246 e. The zero-order valence-electron chi connectivity index (χ0n) is 17.8. The first-order chi connectivity index (χ1) is 15.5. The molecule has 0 aromatic rings. The molecule has 1 rings (SSSR count). The lowest BCUT2D eigenvalue weighted by molar-refractivity contribution is -0.134. The van der Waals surface area contributed by atoms with E-state index in [0.29, 0.717) is 0 Å². The van der Waals surface area contributed by atoms with Gasteiger partial charge < -0.3 is 50.4 Å². The monoisotopic (exact) mass is 464 g/mol. The van der Waals surface area contributed by atoms with E-state index in [1.165, 1.54) is 0 Å². The zero-order chi connectivity index (χ0) is 23.6. The highest BCUT2D eigenvalue weighted by Crippen LogP contribution is 1.89. The van der Waals surface area contributed by atoms with E-state index in [9.17, 15) is 29.4 Å². The Morgan fingerprint density at radius 3 is 1.38 bits per heavy atom. The molecule has 0 aromatic heterocycles. The molecule has 14 nitrogen and oxygen atoms in total. The van der Waals surface area contributed by atoms with Gasteiger partial charge >= 0.3 is 0 Å². The Bertz CT molecular complexity index is 542. The summed E-state index contributed by atoms with van der Waals surface area (Å²) in [5, 5.41) is 28.3. The number of ether oxygens (including phenoxy) is 4. The first-order valence-corrected chi connectivity index (χ1v) is 10.1. The predicted octanol–water partition coefficient (Wildman–Crippen LogP) is -4.75. The maximum absolute atomic E-state index is 12.0. The Morgan fingerprint density at radius 2 is 1.00 bits per heavy atom. The molecule has 184 valence electrons. The summed E-state index contributed by atoms with van der Waals surface area (Å²) in [6, 6.07) is -2.26. The summed E-state index contributed by atoms with van der Waals surface area (Å²) in [7, 11) is 0. The highest BCUT2D eigenvalue weighted by atomic mass is 16.5. The molecule has 1 aliphatic rings. The van der Waals surface area contributed by atoms with Crippen LogP contribution in [-0.2, 0) is 38.1 Å². The van der Waals surface area contributed by atoms with Crippen molar-refractivity contribution in [3.8, 4) is 0 Å². The van der Waals surface area contributed by atoms with Gasteiger partial charge in [0, 0.05) is 13.1 Å². The second kappa shape index (κ2) is 17.2. The maximum Gasteiger partial charge on any atom is 0.246 e. The van der Waals surface area contributed by atoms with Gasteiger partial charge in [0.1, 0.15) is 25.3 Å². The van der Waals surface area contributed by atoms with Gasteiger partial charge in [0.15, 0.2) is 0 Å². The van der Waals surface area contributed by atoms with E-state index in [4.69, 9.17) is 18.9 Å². The highest BCUT2D eigenvalue weighted by Gasteiger charge is 2.20. The molecule has 1 heterocycles. The van der Waals surface area contributed by atoms with Gasteiger partial charge in [-0.25, -0.2) is 0 Å². The standard InChI is InChI=1S/C18H32N4O10/c23-9-13-17(27)19-1-3-29-5-6-30-4-2-20-18(28)14(10-24)22-16(26)12-32-8-7-31-11-15(25)21-13/h13-14,23-24H,1-12H2,(H,19,27)(H,20,28)(H,21,25)(H,22,26)/t13-,14-/m0/s1. The van der Waals surface area contributed by atoms with E-state index >= 15 is 0 Å². The molecule has 0 radical (unpaired) electrons. The van der Waals surface area contributed by atoms with Crippen molar-refractivity contribution in [1.82, 2.24) is 21.3 Å². The average molecular weight is 464 g/mol. The second-order valence-electron chi connectivity index (χ2n) is 6.52. The first kappa shape index (κ1) is 27.7. The normalized spacial score (nSPS) is 24.9.